The lowest BCUT2D eigenvalue weighted by atomic mass is 9.99. The van der Waals surface area contributed by atoms with E-state index in [2.05, 4.69) is 20.8 Å². The van der Waals surface area contributed by atoms with E-state index in [0.717, 1.165) is 35.7 Å². The second-order valence-corrected chi connectivity index (χ2v) is 9.77. The third-order valence-electron chi connectivity index (χ3n) is 4.31. The van der Waals surface area contributed by atoms with Crippen LogP contribution in [0.3, 0.4) is 0 Å². The van der Waals surface area contributed by atoms with E-state index in [1.807, 2.05) is 18.2 Å². The molecular formula is C15H22O2Si. The van der Waals surface area contributed by atoms with Crippen molar-refractivity contribution >= 4 is 14.1 Å². The second-order valence-electron chi connectivity index (χ2n) is 5.05. The van der Waals surface area contributed by atoms with Crippen molar-refractivity contribution in [3.05, 3.63) is 35.5 Å². The zero-order valence-electron chi connectivity index (χ0n) is 11.5. The fourth-order valence-electron chi connectivity index (χ4n) is 2.83. The van der Waals surface area contributed by atoms with E-state index in [-0.39, 0.29) is 11.9 Å². The lowest BCUT2D eigenvalue weighted by Gasteiger charge is -2.32. The molecular weight excluding hydrogens is 240 g/mol. The highest BCUT2D eigenvalue weighted by molar-refractivity contribution is 6.73. The monoisotopic (exact) mass is 262 g/mol. The summed E-state index contributed by atoms with van der Waals surface area (Å²) in [6, 6.07) is 3.47. The van der Waals surface area contributed by atoms with Gasteiger partial charge in [-0.25, -0.2) is 0 Å². The van der Waals surface area contributed by atoms with Crippen LogP contribution in [0.25, 0.3) is 0 Å². The Kier molecular flexibility index (Phi) is 4.03. The summed E-state index contributed by atoms with van der Waals surface area (Å²) in [7, 11) is -1.59. The van der Waals surface area contributed by atoms with Gasteiger partial charge < -0.3 is 4.43 Å². The SMILES string of the molecule is CC[Si](CC)(CC)OC1CC=C2C(=O)C=CC=C21. The van der Waals surface area contributed by atoms with Crippen LogP contribution in [0.4, 0.5) is 0 Å². The van der Waals surface area contributed by atoms with E-state index in [0.29, 0.717) is 0 Å². The van der Waals surface area contributed by atoms with Crippen molar-refractivity contribution in [2.45, 2.75) is 51.4 Å². The van der Waals surface area contributed by atoms with Gasteiger partial charge in [0.25, 0.3) is 0 Å². The number of hydrogen-bond donors (Lipinski definition) is 0. The second kappa shape index (κ2) is 5.37. The van der Waals surface area contributed by atoms with Gasteiger partial charge in [-0.1, -0.05) is 39.0 Å². The van der Waals surface area contributed by atoms with Gasteiger partial charge in [-0.3, -0.25) is 4.79 Å². The summed E-state index contributed by atoms with van der Waals surface area (Å²) in [5, 5.41) is 0. The predicted molar refractivity (Wildman–Crippen MR) is 77.0 cm³/mol. The molecule has 0 bridgehead atoms. The zero-order valence-corrected chi connectivity index (χ0v) is 12.5. The Morgan fingerprint density at radius 2 is 1.94 bits per heavy atom. The van der Waals surface area contributed by atoms with E-state index in [1.54, 1.807) is 6.08 Å². The molecule has 0 amide bonds. The molecule has 0 saturated carbocycles. The van der Waals surface area contributed by atoms with Gasteiger partial charge in [-0.05, 0) is 36.2 Å². The van der Waals surface area contributed by atoms with Crippen molar-refractivity contribution in [1.82, 2.24) is 0 Å². The quantitative estimate of drug-likeness (QED) is 0.705. The maximum atomic E-state index is 11.8. The third kappa shape index (κ3) is 2.29. The Hall–Kier alpha value is -0.933. The first-order valence-corrected chi connectivity index (χ1v) is 9.49. The smallest absolute Gasteiger partial charge is 0.192 e. The third-order valence-corrected chi connectivity index (χ3v) is 8.96. The summed E-state index contributed by atoms with van der Waals surface area (Å²) in [5.41, 5.74) is 1.98. The van der Waals surface area contributed by atoms with Crippen LogP contribution in [0.5, 0.6) is 0 Å². The molecule has 0 fully saturated rings. The van der Waals surface area contributed by atoms with E-state index in [1.165, 1.54) is 0 Å². The zero-order chi connectivity index (χ0) is 13.2. The fourth-order valence-corrected chi connectivity index (χ4v) is 5.65. The van der Waals surface area contributed by atoms with Crippen LogP contribution in [0.1, 0.15) is 27.2 Å². The highest BCUT2D eigenvalue weighted by atomic mass is 28.4. The van der Waals surface area contributed by atoms with Crippen molar-refractivity contribution in [2.75, 3.05) is 0 Å². The summed E-state index contributed by atoms with van der Waals surface area (Å²) < 4.78 is 6.50. The van der Waals surface area contributed by atoms with Gasteiger partial charge in [0.05, 0.1) is 6.10 Å². The van der Waals surface area contributed by atoms with Gasteiger partial charge in [0, 0.05) is 5.57 Å². The van der Waals surface area contributed by atoms with Crippen molar-refractivity contribution in [1.29, 1.82) is 0 Å². The van der Waals surface area contributed by atoms with Crippen LogP contribution in [0.2, 0.25) is 18.1 Å². The molecule has 1 atom stereocenters. The average Bonchev–Trinajstić information content (AvgIpc) is 2.81. The Bertz CT molecular complexity index is 420. The van der Waals surface area contributed by atoms with Crippen LogP contribution in [0, 0.1) is 0 Å². The van der Waals surface area contributed by atoms with Crippen LogP contribution >= 0.6 is 0 Å². The topological polar surface area (TPSA) is 26.3 Å². The van der Waals surface area contributed by atoms with Crippen LogP contribution in [-0.2, 0) is 9.22 Å². The van der Waals surface area contributed by atoms with Gasteiger partial charge in [-0.15, -0.1) is 0 Å². The molecule has 0 N–H and O–H groups in total. The molecule has 2 aliphatic carbocycles. The summed E-state index contributed by atoms with van der Waals surface area (Å²) in [5.74, 6) is 0.135. The van der Waals surface area contributed by atoms with E-state index >= 15 is 0 Å². The molecule has 0 aromatic carbocycles. The minimum atomic E-state index is -1.59. The summed E-state index contributed by atoms with van der Waals surface area (Å²) in [6.45, 7) is 6.72. The molecule has 98 valence electrons. The number of fused-ring (bicyclic) bond motifs is 1. The lowest BCUT2D eigenvalue weighted by Crippen LogP contribution is -2.40. The minimum absolute atomic E-state index is 0.125. The fraction of sp³-hybridized carbons (Fsp3) is 0.533. The highest BCUT2D eigenvalue weighted by Gasteiger charge is 2.36. The maximum absolute atomic E-state index is 11.8. The molecule has 0 spiro atoms. The molecule has 0 heterocycles. The number of allylic oxidation sites excluding steroid dienone is 3. The highest BCUT2D eigenvalue weighted by Crippen LogP contribution is 2.35. The Balaban J connectivity index is 2.16. The van der Waals surface area contributed by atoms with Gasteiger partial charge in [-0.2, -0.15) is 0 Å². The van der Waals surface area contributed by atoms with E-state index in [9.17, 15) is 4.79 Å². The Labute approximate surface area is 111 Å². The average molecular weight is 262 g/mol. The van der Waals surface area contributed by atoms with Gasteiger partial charge in [0.2, 0.25) is 0 Å². The number of carbonyl (C=O) groups is 1. The normalized spacial score (nSPS) is 22.8. The first-order valence-electron chi connectivity index (χ1n) is 6.96. The first-order chi connectivity index (χ1) is 8.65. The van der Waals surface area contributed by atoms with Crippen LogP contribution < -0.4 is 0 Å². The largest absolute Gasteiger partial charge is 0.410 e. The van der Waals surface area contributed by atoms with Crippen molar-refractivity contribution in [3.8, 4) is 0 Å². The van der Waals surface area contributed by atoms with Crippen molar-refractivity contribution in [2.24, 2.45) is 0 Å². The molecule has 1 unspecified atom stereocenters. The molecule has 2 aliphatic rings. The Morgan fingerprint density at radius 1 is 1.28 bits per heavy atom. The standard InChI is InChI=1S/C15H22O2Si/c1-4-18(5-2,6-3)17-15-11-10-12-13(15)8-7-9-14(12)16/h7-10,15H,4-6,11H2,1-3H3. The lowest BCUT2D eigenvalue weighted by molar-refractivity contribution is -0.111. The number of carbonyl (C=O) groups excluding carboxylic acids is 1. The minimum Gasteiger partial charge on any atom is -0.410 e. The summed E-state index contributed by atoms with van der Waals surface area (Å²) in [6.07, 6.45) is 8.57. The molecule has 0 saturated heterocycles. The number of hydrogen-bond acceptors (Lipinski definition) is 2. The molecule has 2 rings (SSSR count). The molecule has 0 aromatic rings. The number of ketones is 1. The predicted octanol–water partition coefficient (Wildman–Crippen LogP) is 3.77. The Morgan fingerprint density at radius 3 is 2.56 bits per heavy atom. The van der Waals surface area contributed by atoms with E-state index < -0.39 is 8.32 Å². The molecule has 3 heteroatoms. The van der Waals surface area contributed by atoms with Crippen molar-refractivity contribution < 1.29 is 9.22 Å². The van der Waals surface area contributed by atoms with Gasteiger partial charge in [0.1, 0.15) is 0 Å². The molecule has 0 aliphatic heterocycles. The van der Waals surface area contributed by atoms with E-state index in [4.69, 9.17) is 4.43 Å². The van der Waals surface area contributed by atoms with Crippen molar-refractivity contribution in [3.63, 3.8) is 0 Å². The van der Waals surface area contributed by atoms with Gasteiger partial charge >= 0.3 is 0 Å². The summed E-state index contributed by atoms with van der Waals surface area (Å²) >= 11 is 0. The first kappa shape index (κ1) is 13.5. The van der Waals surface area contributed by atoms with Crippen LogP contribution in [-0.4, -0.2) is 20.2 Å². The number of rotatable bonds is 5. The molecule has 18 heavy (non-hydrogen) atoms. The van der Waals surface area contributed by atoms with Crippen LogP contribution in [0.15, 0.2) is 35.5 Å². The molecule has 2 nitrogen and oxygen atoms in total. The molecule has 0 aromatic heterocycles. The summed E-state index contributed by atoms with van der Waals surface area (Å²) in [4.78, 5) is 11.8. The van der Waals surface area contributed by atoms with Gasteiger partial charge in [0.15, 0.2) is 14.1 Å². The molecule has 0 radical (unpaired) electrons. The maximum Gasteiger partial charge on any atom is 0.192 e.